The molecule has 1 aliphatic carbocycles. The highest BCUT2D eigenvalue weighted by atomic mass is 16.2. The Morgan fingerprint density at radius 1 is 1.21 bits per heavy atom. The summed E-state index contributed by atoms with van der Waals surface area (Å²) in [4.78, 5) is 33.5. The van der Waals surface area contributed by atoms with Gasteiger partial charge < -0.3 is 9.80 Å². The van der Waals surface area contributed by atoms with Crippen molar-refractivity contribution in [3.63, 3.8) is 0 Å². The van der Waals surface area contributed by atoms with E-state index in [-0.39, 0.29) is 29.8 Å². The second kappa shape index (κ2) is 6.38. The average Bonchev–Trinajstić information content (AvgIpc) is 3.27. The predicted octanol–water partition coefficient (Wildman–Crippen LogP) is 2.14. The third-order valence-corrected chi connectivity index (χ3v) is 5.60. The molecule has 0 bridgehead atoms. The van der Waals surface area contributed by atoms with Crippen molar-refractivity contribution in [3.05, 3.63) is 42.2 Å². The second-order valence-electron chi connectivity index (χ2n) is 7.02. The molecule has 0 saturated carbocycles. The molecule has 2 saturated heterocycles. The van der Waals surface area contributed by atoms with Crippen molar-refractivity contribution in [2.75, 3.05) is 6.54 Å². The van der Waals surface area contributed by atoms with Gasteiger partial charge in [0.2, 0.25) is 11.8 Å². The van der Waals surface area contributed by atoms with E-state index in [1.54, 1.807) is 6.20 Å². The van der Waals surface area contributed by atoms with Crippen molar-refractivity contribution >= 4 is 11.8 Å². The highest BCUT2D eigenvalue weighted by Crippen LogP contribution is 2.34. The third kappa shape index (κ3) is 2.72. The molecule has 5 nitrogen and oxygen atoms in total. The van der Waals surface area contributed by atoms with E-state index in [0.717, 1.165) is 37.8 Å². The van der Waals surface area contributed by atoms with E-state index < -0.39 is 0 Å². The predicted molar refractivity (Wildman–Crippen MR) is 89.8 cm³/mol. The normalized spacial score (nSPS) is 26.9. The minimum absolute atomic E-state index is 0.119. The van der Waals surface area contributed by atoms with Gasteiger partial charge in [-0.2, -0.15) is 0 Å². The van der Waals surface area contributed by atoms with Crippen LogP contribution in [0.25, 0.3) is 0 Å². The van der Waals surface area contributed by atoms with Crippen molar-refractivity contribution in [1.82, 2.24) is 14.8 Å². The number of carbonyl (C=O) groups excluding carboxylic acids is 2. The molecule has 126 valence electrons. The molecule has 5 heteroatoms. The van der Waals surface area contributed by atoms with Gasteiger partial charge in [-0.15, -0.1) is 0 Å². The average molecular weight is 325 g/mol. The fraction of sp³-hybridized carbons (Fsp3) is 0.526. The van der Waals surface area contributed by atoms with Crippen LogP contribution < -0.4 is 0 Å². The maximum absolute atomic E-state index is 12.8. The Kier molecular flexibility index (Phi) is 4.08. The summed E-state index contributed by atoms with van der Waals surface area (Å²) < 4.78 is 0. The molecule has 4 rings (SSSR count). The van der Waals surface area contributed by atoms with Crippen molar-refractivity contribution < 1.29 is 9.59 Å². The summed E-state index contributed by atoms with van der Waals surface area (Å²) in [7, 11) is 0. The molecule has 0 unspecified atom stereocenters. The summed E-state index contributed by atoms with van der Waals surface area (Å²) in [5, 5.41) is 0. The molecular formula is C19H23N3O2. The maximum Gasteiger partial charge on any atom is 0.226 e. The van der Waals surface area contributed by atoms with E-state index in [1.807, 2.05) is 23.2 Å². The van der Waals surface area contributed by atoms with Crippen LogP contribution in [0.1, 0.15) is 37.7 Å². The molecule has 3 heterocycles. The van der Waals surface area contributed by atoms with Crippen LogP contribution in [-0.4, -0.2) is 45.2 Å². The summed E-state index contributed by atoms with van der Waals surface area (Å²) in [6.07, 6.45) is 11.7. The number of amides is 2. The van der Waals surface area contributed by atoms with Crippen molar-refractivity contribution in [2.24, 2.45) is 5.92 Å². The summed E-state index contributed by atoms with van der Waals surface area (Å²) in [5.74, 6) is 0.605. The summed E-state index contributed by atoms with van der Waals surface area (Å²) in [5.41, 5.74) is 1.05. The van der Waals surface area contributed by atoms with Gasteiger partial charge in [-0.3, -0.25) is 14.6 Å². The molecule has 0 radical (unpaired) electrons. The molecule has 2 aliphatic heterocycles. The molecule has 1 aromatic heterocycles. The van der Waals surface area contributed by atoms with Gasteiger partial charge in [0.25, 0.3) is 0 Å². The lowest BCUT2D eigenvalue weighted by Crippen LogP contribution is -2.53. The van der Waals surface area contributed by atoms with Gasteiger partial charge in [-0.25, -0.2) is 0 Å². The topological polar surface area (TPSA) is 53.5 Å². The summed E-state index contributed by atoms with van der Waals surface area (Å²) in [6.45, 7) is 1.38. The number of hydrogen-bond donors (Lipinski definition) is 0. The number of allylic oxidation sites excluding steroid dienone is 2. The maximum atomic E-state index is 12.8. The number of pyridine rings is 1. The Balaban J connectivity index is 1.49. The number of piperidine rings is 1. The van der Waals surface area contributed by atoms with Gasteiger partial charge >= 0.3 is 0 Å². The smallest absolute Gasteiger partial charge is 0.226 e. The van der Waals surface area contributed by atoms with Gasteiger partial charge in [0.1, 0.15) is 0 Å². The molecule has 3 aliphatic rings. The number of fused-ring (bicyclic) bond motifs is 1. The van der Waals surface area contributed by atoms with Crippen LogP contribution in [-0.2, 0) is 16.1 Å². The Bertz CT molecular complexity index is 650. The lowest BCUT2D eigenvalue weighted by Gasteiger charge is -2.40. The van der Waals surface area contributed by atoms with E-state index in [0.29, 0.717) is 13.0 Å². The van der Waals surface area contributed by atoms with Crippen LogP contribution in [0.3, 0.4) is 0 Å². The van der Waals surface area contributed by atoms with E-state index in [9.17, 15) is 9.59 Å². The fourth-order valence-electron chi connectivity index (χ4n) is 4.37. The third-order valence-electron chi connectivity index (χ3n) is 5.60. The van der Waals surface area contributed by atoms with Gasteiger partial charge in [0.15, 0.2) is 0 Å². The van der Waals surface area contributed by atoms with Gasteiger partial charge in [-0.05, 0) is 37.3 Å². The Morgan fingerprint density at radius 3 is 2.79 bits per heavy atom. The zero-order valence-corrected chi connectivity index (χ0v) is 13.8. The van der Waals surface area contributed by atoms with Crippen molar-refractivity contribution in [2.45, 2.75) is 50.7 Å². The molecule has 1 aromatic rings. The minimum atomic E-state index is 0.119. The summed E-state index contributed by atoms with van der Waals surface area (Å²) in [6, 6.07) is 4.25. The highest BCUT2D eigenvalue weighted by Gasteiger charge is 2.45. The van der Waals surface area contributed by atoms with Crippen LogP contribution in [0.5, 0.6) is 0 Å². The molecule has 2 atom stereocenters. The number of aromatic nitrogens is 1. The lowest BCUT2D eigenvalue weighted by atomic mass is 9.95. The quantitative estimate of drug-likeness (QED) is 0.800. The monoisotopic (exact) mass is 325 g/mol. The number of carbonyl (C=O) groups is 2. The first-order chi connectivity index (χ1) is 11.7. The number of likely N-dealkylation sites (tertiary alicyclic amines) is 2. The minimum Gasteiger partial charge on any atom is -0.337 e. The first kappa shape index (κ1) is 15.4. The van der Waals surface area contributed by atoms with Gasteiger partial charge in [0, 0.05) is 37.8 Å². The van der Waals surface area contributed by atoms with E-state index >= 15 is 0 Å². The molecule has 0 N–H and O–H groups in total. The van der Waals surface area contributed by atoms with Crippen LogP contribution in [0, 0.1) is 5.92 Å². The molecule has 2 amide bonds. The van der Waals surface area contributed by atoms with Crippen molar-refractivity contribution in [3.8, 4) is 0 Å². The largest absolute Gasteiger partial charge is 0.337 e. The highest BCUT2D eigenvalue weighted by molar-refractivity contribution is 5.82. The zero-order chi connectivity index (χ0) is 16.5. The fourth-order valence-corrected chi connectivity index (χ4v) is 4.37. The van der Waals surface area contributed by atoms with Crippen LogP contribution >= 0.6 is 0 Å². The molecule has 24 heavy (non-hydrogen) atoms. The van der Waals surface area contributed by atoms with Crippen LogP contribution in [0.2, 0.25) is 0 Å². The SMILES string of the molecule is O=C1CC[C@H]2[C@H](CCN2C(=O)C2CC=CC2)N1Cc1cccnc1. The Labute approximate surface area is 142 Å². The number of hydrogen-bond acceptors (Lipinski definition) is 3. The molecule has 0 aromatic carbocycles. The lowest BCUT2D eigenvalue weighted by molar-refractivity contribution is -0.144. The Morgan fingerprint density at radius 2 is 2.04 bits per heavy atom. The zero-order valence-electron chi connectivity index (χ0n) is 13.8. The van der Waals surface area contributed by atoms with Crippen LogP contribution in [0.4, 0.5) is 0 Å². The molecule has 2 fully saturated rings. The van der Waals surface area contributed by atoms with Gasteiger partial charge in [-0.1, -0.05) is 18.2 Å². The molecular weight excluding hydrogens is 302 g/mol. The Hall–Kier alpha value is -2.17. The second-order valence-corrected chi connectivity index (χ2v) is 7.02. The van der Waals surface area contributed by atoms with E-state index in [4.69, 9.17) is 0 Å². The van der Waals surface area contributed by atoms with Gasteiger partial charge in [0.05, 0.1) is 12.1 Å². The number of nitrogens with zero attached hydrogens (tertiary/aromatic N) is 3. The summed E-state index contributed by atoms with van der Waals surface area (Å²) >= 11 is 0. The van der Waals surface area contributed by atoms with E-state index in [2.05, 4.69) is 22.0 Å². The molecule has 0 spiro atoms. The first-order valence-corrected chi connectivity index (χ1v) is 8.88. The van der Waals surface area contributed by atoms with Crippen LogP contribution in [0.15, 0.2) is 36.7 Å². The van der Waals surface area contributed by atoms with E-state index in [1.165, 1.54) is 0 Å². The van der Waals surface area contributed by atoms with Crippen molar-refractivity contribution in [1.29, 1.82) is 0 Å². The standard InChI is InChI=1S/C19H23N3O2/c23-18-8-7-16-17(22(18)13-14-4-3-10-20-12-14)9-11-21(16)19(24)15-5-1-2-6-15/h1-4,10,12,15-17H,5-9,11,13H2/t16-,17-/m0/s1. The first-order valence-electron chi connectivity index (χ1n) is 8.88. The number of rotatable bonds is 3.